The van der Waals surface area contributed by atoms with Crippen LogP contribution in [0.25, 0.3) is 16.6 Å². The van der Waals surface area contributed by atoms with Gasteiger partial charge in [-0.25, -0.2) is 4.98 Å². The number of hydrogen-bond acceptors (Lipinski definition) is 7. The van der Waals surface area contributed by atoms with E-state index in [2.05, 4.69) is 9.98 Å². The third-order valence-corrected chi connectivity index (χ3v) is 8.56. The summed E-state index contributed by atoms with van der Waals surface area (Å²) in [5.74, 6) is 2.66. The van der Waals surface area contributed by atoms with Crippen LogP contribution in [0.1, 0.15) is 67.5 Å². The standard InChI is InChI=1S/C36H40N4O5/c1-25-38-31-14-8-7-13-29(31)36(42)40(25)26-15-17-28(18-16-26)44-20-9-5-3-4-6-10-21-45-34-23-32-30(22-33(34)43-2)35(41)39-19-11-12-27(39)24-37-32/h7-8,13-18,22-24,27H,3-6,9-12,19-21H2,1-2H3/t27-/m0/s1. The summed E-state index contributed by atoms with van der Waals surface area (Å²) in [4.78, 5) is 37.2. The van der Waals surface area contributed by atoms with E-state index in [0.717, 1.165) is 69.3 Å². The molecule has 2 aliphatic heterocycles. The predicted molar refractivity (Wildman–Crippen MR) is 176 cm³/mol. The first-order valence-corrected chi connectivity index (χ1v) is 15.9. The topological polar surface area (TPSA) is 95.2 Å². The lowest BCUT2D eigenvalue weighted by Gasteiger charge is -2.20. The zero-order valence-electron chi connectivity index (χ0n) is 26.0. The SMILES string of the molecule is COc1cc2c(cc1OCCCCCCCCOc1ccc(-n3c(C)nc4ccccc4c3=O)cc1)N=C[C@@H]1CCCN1C2=O. The average Bonchev–Trinajstić information content (AvgIpc) is 3.49. The number of aliphatic imine (C=N–C) groups is 1. The Bertz CT molecular complexity index is 1750. The molecule has 0 unspecified atom stereocenters. The third-order valence-electron chi connectivity index (χ3n) is 8.56. The molecule has 0 N–H and O–H groups in total. The summed E-state index contributed by atoms with van der Waals surface area (Å²) in [7, 11) is 1.60. The van der Waals surface area contributed by atoms with Crippen molar-refractivity contribution < 1.29 is 19.0 Å². The Kier molecular flexibility index (Phi) is 9.43. The van der Waals surface area contributed by atoms with Crippen molar-refractivity contribution in [2.24, 2.45) is 4.99 Å². The molecule has 3 heterocycles. The zero-order chi connectivity index (χ0) is 31.2. The van der Waals surface area contributed by atoms with Gasteiger partial charge in [0.25, 0.3) is 11.5 Å². The average molecular weight is 609 g/mol. The molecule has 0 saturated carbocycles. The second kappa shape index (κ2) is 14.0. The van der Waals surface area contributed by atoms with Gasteiger partial charge in [0.1, 0.15) is 11.6 Å². The van der Waals surface area contributed by atoms with E-state index < -0.39 is 0 Å². The van der Waals surface area contributed by atoms with Crippen LogP contribution in [0.5, 0.6) is 17.2 Å². The number of carbonyl (C=O) groups is 1. The van der Waals surface area contributed by atoms with Gasteiger partial charge < -0.3 is 19.1 Å². The highest BCUT2D eigenvalue weighted by molar-refractivity contribution is 6.03. The van der Waals surface area contributed by atoms with Gasteiger partial charge in [0.2, 0.25) is 0 Å². The van der Waals surface area contributed by atoms with Crippen molar-refractivity contribution in [3.05, 3.63) is 82.4 Å². The van der Waals surface area contributed by atoms with Gasteiger partial charge in [-0.05, 0) is 75.1 Å². The van der Waals surface area contributed by atoms with Gasteiger partial charge in [0, 0.05) is 18.8 Å². The van der Waals surface area contributed by atoms with E-state index in [-0.39, 0.29) is 17.5 Å². The molecule has 9 heteroatoms. The molecule has 1 aromatic heterocycles. The minimum atomic E-state index is -0.0697. The second-order valence-electron chi connectivity index (χ2n) is 11.6. The van der Waals surface area contributed by atoms with Gasteiger partial charge >= 0.3 is 0 Å². The molecule has 1 fully saturated rings. The molecular weight excluding hydrogens is 568 g/mol. The van der Waals surface area contributed by atoms with E-state index >= 15 is 0 Å². The zero-order valence-corrected chi connectivity index (χ0v) is 26.0. The molecule has 3 aromatic carbocycles. The maximum atomic E-state index is 13.0. The maximum Gasteiger partial charge on any atom is 0.265 e. The highest BCUT2D eigenvalue weighted by Gasteiger charge is 2.32. The lowest BCUT2D eigenvalue weighted by molar-refractivity contribution is 0.0774. The van der Waals surface area contributed by atoms with Crippen LogP contribution in [-0.4, -0.2) is 59.5 Å². The molecule has 9 nitrogen and oxygen atoms in total. The number of para-hydroxylation sites is 1. The van der Waals surface area contributed by atoms with Crippen molar-refractivity contribution in [2.75, 3.05) is 26.9 Å². The van der Waals surface area contributed by atoms with Crippen LogP contribution in [0.4, 0.5) is 5.69 Å². The van der Waals surface area contributed by atoms with Crippen LogP contribution in [0.2, 0.25) is 0 Å². The molecule has 234 valence electrons. The van der Waals surface area contributed by atoms with Crippen molar-refractivity contribution in [1.82, 2.24) is 14.5 Å². The van der Waals surface area contributed by atoms with Crippen LogP contribution >= 0.6 is 0 Å². The van der Waals surface area contributed by atoms with Crippen molar-refractivity contribution in [3.8, 4) is 22.9 Å². The van der Waals surface area contributed by atoms with Crippen molar-refractivity contribution in [3.63, 3.8) is 0 Å². The molecule has 4 aromatic rings. The fraction of sp³-hybridized carbons (Fsp3) is 0.389. The van der Waals surface area contributed by atoms with Gasteiger partial charge in [-0.15, -0.1) is 0 Å². The summed E-state index contributed by atoms with van der Waals surface area (Å²) in [5.41, 5.74) is 2.64. The molecule has 45 heavy (non-hydrogen) atoms. The first kappa shape index (κ1) is 30.4. The summed E-state index contributed by atoms with van der Waals surface area (Å²) in [5, 5.41) is 0.607. The quantitative estimate of drug-likeness (QED) is 0.155. The molecular formula is C36H40N4O5. The normalized spacial score (nSPS) is 15.6. The molecule has 0 spiro atoms. The van der Waals surface area contributed by atoms with Gasteiger partial charge in [0.15, 0.2) is 11.5 Å². The van der Waals surface area contributed by atoms with Crippen LogP contribution in [0.15, 0.2) is 70.5 Å². The van der Waals surface area contributed by atoms with Gasteiger partial charge in [-0.3, -0.25) is 19.1 Å². The lowest BCUT2D eigenvalue weighted by Crippen LogP contribution is -2.35. The lowest BCUT2D eigenvalue weighted by atomic mass is 10.1. The number of amides is 1. The Labute approximate surface area is 263 Å². The number of benzene rings is 3. The monoisotopic (exact) mass is 608 g/mol. The fourth-order valence-electron chi connectivity index (χ4n) is 6.14. The Morgan fingerprint density at radius 1 is 0.867 bits per heavy atom. The van der Waals surface area contributed by atoms with Crippen LogP contribution in [-0.2, 0) is 0 Å². The van der Waals surface area contributed by atoms with Crippen molar-refractivity contribution in [2.45, 2.75) is 64.3 Å². The second-order valence-corrected chi connectivity index (χ2v) is 11.6. The molecule has 0 radical (unpaired) electrons. The Morgan fingerprint density at radius 3 is 2.38 bits per heavy atom. The van der Waals surface area contributed by atoms with Crippen LogP contribution < -0.4 is 19.8 Å². The largest absolute Gasteiger partial charge is 0.494 e. The van der Waals surface area contributed by atoms with E-state index in [9.17, 15) is 9.59 Å². The Morgan fingerprint density at radius 2 is 1.60 bits per heavy atom. The number of aryl methyl sites for hydroxylation is 1. The van der Waals surface area contributed by atoms with E-state index in [1.165, 1.54) is 0 Å². The van der Waals surface area contributed by atoms with Crippen molar-refractivity contribution in [1.29, 1.82) is 0 Å². The summed E-state index contributed by atoms with van der Waals surface area (Å²) in [6.07, 6.45) is 10.2. The number of carbonyl (C=O) groups excluding carboxylic acids is 1. The number of unbranched alkanes of at least 4 members (excludes halogenated alkanes) is 5. The van der Waals surface area contributed by atoms with E-state index in [1.807, 2.05) is 72.6 Å². The predicted octanol–water partition coefficient (Wildman–Crippen LogP) is 6.82. The third kappa shape index (κ3) is 6.72. The minimum Gasteiger partial charge on any atom is -0.494 e. The van der Waals surface area contributed by atoms with E-state index in [0.29, 0.717) is 52.7 Å². The Balaban J connectivity index is 0.895. The molecule has 6 rings (SSSR count). The number of ether oxygens (including phenoxy) is 3. The summed E-state index contributed by atoms with van der Waals surface area (Å²) in [6, 6.07) is 18.7. The van der Waals surface area contributed by atoms with E-state index in [1.54, 1.807) is 17.7 Å². The van der Waals surface area contributed by atoms with Crippen LogP contribution in [0, 0.1) is 6.92 Å². The van der Waals surface area contributed by atoms with Gasteiger partial charge in [0.05, 0.1) is 54.2 Å². The first-order chi connectivity index (χ1) is 22.0. The highest BCUT2D eigenvalue weighted by atomic mass is 16.5. The van der Waals surface area contributed by atoms with Gasteiger partial charge in [-0.1, -0.05) is 37.8 Å². The number of nitrogens with zero attached hydrogens (tertiary/aromatic N) is 4. The van der Waals surface area contributed by atoms with E-state index in [4.69, 9.17) is 14.2 Å². The summed E-state index contributed by atoms with van der Waals surface area (Å²) in [6.45, 7) is 3.86. The molecule has 1 saturated heterocycles. The minimum absolute atomic E-state index is 0.0148. The smallest absolute Gasteiger partial charge is 0.265 e. The summed E-state index contributed by atoms with van der Waals surface area (Å²) >= 11 is 0. The molecule has 0 aliphatic carbocycles. The number of rotatable bonds is 13. The number of aromatic nitrogens is 2. The molecule has 1 amide bonds. The first-order valence-electron chi connectivity index (χ1n) is 15.9. The Hall–Kier alpha value is -4.66. The summed E-state index contributed by atoms with van der Waals surface area (Å²) < 4.78 is 19.2. The van der Waals surface area contributed by atoms with Crippen molar-refractivity contribution >= 4 is 28.7 Å². The molecule has 0 bridgehead atoms. The maximum absolute atomic E-state index is 13.0. The molecule has 2 aliphatic rings. The number of methoxy groups -OCH3 is 1. The highest BCUT2D eigenvalue weighted by Crippen LogP contribution is 2.38. The fourth-order valence-corrected chi connectivity index (χ4v) is 6.14. The van der Waals surface area contributed by atoms with Crippen LogP contribution in [0.3, 0.4) is 0 Å². The van der Waals surface area contributed by atoms with Gasteiger partial charge in [-0.2, -0.15) is 0 Å². The number of fused-ring (bicyclic) bond motifs is 3. The molecule has 1 atom stereocenters. The number of hydrogen-bond donors (Lipinski definition) is 0.